The number of nitrogens with one attached hydrogen (secondary N) is 3. The van der Waals surface area contributed by atoms with Crippen molar-refractivity contribution in [3.05, 3.63) is 0 Å². The van der Waals surface area contributed by atoms with E-state index in [1.807, 2.05) is 0 Å². The zero-order chi connectivity index (χ0) is 30.1. The van der Waals surface area contributed by atoms with Crippen LogP contribution in [0.3, 0.4) is 0 Å². The van der Waals surface area contributed by atoms with Crippen LogP contribution in [0.5, 0.6) is 0 Å². The molecule has 0 aromatic rings. The largest absolute Gasteiger partial charge is 0.458 e. The van der Waals surface area contributed by atoms with Crippen LogP contribution in [-0.4, -0.2) is 83.8 Å². The second kappa shape index (κ2) is 14.4. The van der Waals surface area contributed by atoms with Crippen LogP contribution in [0.4, 0.5) is 0 Å². The van der Waals surface area contributed by atoms with E-state index in [1.54, 1.807) is 62.3 Å². The minimum Gasteiger partial charge on any atom is -0.458 e. The SMILES string of the molecule is CC(NC(=O)C(CC(N)=O)NC(=O)C(COC(C)(C)C)NC(=O)C(N)COC(C)(C)C)C(=O)OC(C)(C)C. The van der Waals surface area contributed by atoms with Gasteiger partial charge in [-0.15, -0.1) is 0 Å². The minimum absolute atomic E-state index is 0.0982. The minimum atomic E-state index is -1.43. The van der Waals surface area contributed by atoms with Crippen molar-refractivity contribution in [2.75, 3.05) is 13.2 Å². The molecule has 4 atom stereocenters. The summed E-state index contributed by atoms with van der Waals surface area (Å²) in [7, 11) is 0. The van der Waals surface area contributed by atoms with Gasteiger partial charge < -0.3 is 41.6 Å². The molecule has 4 amide bonds. The fourth-order valence-electron chi connectivity index (χ4n) is 2.66. The van der Waals surface area contributed by atoms with Gasteiger partial charge in [0, 0.05) is 0 Å². The van der Waals surface area contributed by atoms with Crippen molar-refractivity contribution in [3.63, 3.8) is 0 Å². The van der Waals surface area contributed by atoms with E-state index >= 15 is 0 Å². The Balaban J connectivity index is 5.62. The standard InChI is InChI=1S/C25H47N5O8/c1-14(22(35)38-25(8,9)10)28-20(33)16(11-18(27)31)29-21(34)17(13-37-24(5,6)7)30-19(32)15(26)12-36-23(2,3)4/h14-17H,11-13,26H2,1-10H3,(H2,27,31)(H,28,33)(H,29,34)(H,30,32). The molecule has 0 aromatic heterocycles. The summed E-state index contributed by atoms with van der Waals surface area (Å²) in [6.07, 6.45) is -0.557. The van der Waals surface area contributed by atoms with Gasteiger partial charge in [0.1, 0.15) is 29.8 Å². The van der Waals surface area contributed by atoms with Gasteiger partial charge in [-0.3, -0.25) is 19.2 Å². The molecule has 7 N–H and O–H groups in total. The van der Waals surface area contributed by atoms with Gasteiger partial charge >= 0.3 is 5.97 Å². The predicted octanol–water partition coefficient (Wildman–Crippen LogP) is -0.365. The van der Waals surface area contributed by atoms with Crippen molar-refractivity contribution >= 4 is 29.6 Å². The van der Waals surface area contributed by atoms with Gasteiger partial charge in [-0.05, 0) is 69.2 Å². The first kappa shape index (κ1) is 35.2. The molecule has 0 rings (SSSR count). The van der Waals surface area contributed by atoms with Crippen LogP contribution >= 0.6 is 0 Å². The average Bonchev–Trinajstić information content (AvgIpc) is 2.71. The van der Waals surface area contributed by atoms with Crippen LogP contribution in [0, 0.1) is 0 Å². The number of hydrogen-bond donors (Lipinski definition) is 5. The number of amides is 4. The molecule has 0 fully saturated rings. The normalized spacial score (nSPS) is 15.4. The Labute approximate surface area is 225 Å². The summed E-state index contributed by atoms with van der Waals surface area (Å²) in [5, 5.41) is 7.32. The Morgan fingerprint density at radius 1 is 0.684 bits per heavy atom. The van der Waals surface area contributed by atoms with Crippen molar-refractivity contribution in [2.24, 2.45) is 11.5 Å². The smallest absolute Gasteiger partial charge is 0.328 e. The Bertz CT molecular complexity index is 842. The molecule has 38 heavy (non-hydrogen) atoms. The van der Waals surface area contributed by atoms with Gasteiger partial charge in [0.2, 0.25) is 23.6 Å². The second-order valence-electron chi connectivity index (χ2n) is 12.0. The van der Waals surface area contributed by atoms with Gasteiger partial charge in [-0.25, -0.2) is 4.79 Å². The van der Waals surface area contributed by atoms with Crippen molar-refractivity contribution < 1.29 is 38.2 Å². The fraction of sp³-hybridized carbons (Fsp3) is 0.800. The highest BCUT2D eigenvalue weighted by atomic mass is 16.6. The Morgan fingerprint density at radius 3 is 1.58 bits per heavy atom. The zero-order valence-corrected chi connectivity index (χ0v) is 24.4. The number of hydrogen-bond acceptors (Lipinski definition) is 9. The van der Waals surface area contributed by atoms with E-state index < -0.39 is 77.0 Å². The second-order valence-corrected chi connectivity index (χ2v) is 12.0. The van der Waals surface area contributed by atoms with E-state index in [9.17, 15) is 24.0 Å². The van der Waals surface area contributed by atoms with Crippen LogP contribution < -0.4 is 27.4 Å². The first-order valence-electron chi connectivity index (χ1n) is 12.5. The van der Waals surface area contributed by atoms with Gasteiger partial charge in [-0.1, -0.05) is 0 Å². The fourth-order valence-corrected chi connectivity index (χ4v) is 2.66. The van der Waals surface area contributed by atoms with E-state index in [2.05, 4.69) is 16.0 Å². The topological polar surface area (TPSA) is 201 Å². The average molecular weight is 546 g/mol. The highest BCUT2D eigenvalue weighted by molar-refractivity contribution is 5.96. The molecule has 0 saturated heterocycles. The van der Waals surface area contributed by atoms with Crippen molar-refractivity contribution in [3.8, 4) is 0 Å². The maximum atomic E-state index is 13.1. The Kier molecular flexibility index (Phi) is 13.4. The van der Waals surface area contributed by atoms with E-state index in [4.69, 9.17) is 25.7 Å². The molecule has 0 bridgehead atoms. The van der Waals surface area contributed by atoms with E-state index in [0.717, 1.165) is 0 Å². The Morgan fingerprint density at radius 2 is 1.13 bits per heavy atom. The third-order valence-corrected chi connectivity index (χ3v) is 4.51. The summed E-state index contributed by atoms with van der Waals surface area (Å²) in [5.41, 5.74) is 9.22. The van der Waals surface area contributed by atoms with E-state index in [1.165, 1.54) is 6.92 Å². The molecule has 0 aliphatic rings. The maximum Gasteiger partial charge on any atom is 0.328 e. The van der Waals surface area contributed by atoms with E-state index in [-0.39, 0.29) is 13.2 Å². The number of carbonyl (C=O) groups excluding carboxylic acids is 5. The summed E-state index contributed by atoms with van der Waals surface area (Å²) in [5.74, 6) is -3.92. The first-order chi connectivity index (χ1) is 17.0. The number of ether oxygens (including phenoxy) is 3. The molecule has 13 nitrogen and oxygen atoms in total. The summed E-state index contributed by atoms with van der Waals surface area (Å²) >= 11 is 0. The van der Waals surface area contributed by atoms with Crippen molar-refractivity contribution in [1.29, 1.82) is 0 Å². The predicted molar refractivity (Wildman–Crippen MR) is 141 cm³/mol. The van der Waals surface area contributed by atoms with Crippen LogP contribution in [0.15, 0.2) is 0 Å². The number of rotatable bonds is 13. The van der Waals surface area contributed by atoms with Crippen molar-refractivity contribution in [2.45, 2.75) is 117 Å². The lowest BCUT2D eigenvalue weighted by Crippen LogP contribution is -2.59. The number of nitrogens with two attached hydrogens (primary N) is 2. The van der Waals surface area contributed by atoms with E-state index in [0.29, 0.717) is 0 Å². The number of carbonyl (C=O) groups is 5. The zero-order valence-electron chi connectivity index (χ0n) is 24.4. The van der Waals surface area contributed by atoms with Gasteiger partial charge in [0.15, 0.2) is 0 Å². The lowest BCUT2D eigenvalue weighted by molar-refractivity contribution is -0.158. The monoisotopic (exact) mass is 545 g/mol. The molecule has 220 valence electrons. The molecular formula is C25H47N5O8. The molecular weight excluding hydrogens is 498 g/mol. The van der Waals surface area contributed by atoms with Crippen LogP contribution in [-0.2, 0) is 38.2 Å². The van der Waals surface area contributed by atoms with Crippen molar-refractivity contribution in [1.82, 2.24) is 16.0 Å². The van der Waals surface area contributed by atoms with Gasteiger partial charge in [0.05, 0.1) is 30.8 Å². The highest BCUT2D eigenvalue weighted by Crippen LogP contribution is 2.10. The quantitative estimate of drug-likeness (QED) is 0.191. The number of esters is 1. The molecule has 0 aliphatic carbocycles. The lowest BCUT2D eigenvalue weighted by Gasteiger charge is -2.28. The summed E-state index contributed by atoms with van der Waals surface area (Å²) < 4.78 is 16.4. The lowest BCUT2D eigenvalue weighted by atomic mass is 10.1. The number of primary amides is 1. The van der Waals surface area contributed by atoms with Gasteiger partial charge in [0.25, 0.3) is 0 Å². The third-order valence-electron chi connectivity index (χ3n) is 4.51. The summed E-state index contributed by atoms with van der Waals surface area (Å²) in [6.45, 7) is 16.7. The molecule has 0 aromatic carbocycles. The van der Waals surface area contributed by atoms with Crippen LogP contribution in [0.2, 0.25) is 0 Å². The highest BCUT2D eigenvalue weighted by Gasteiger charge is 2.32. The van der Waals surface area contributed by atoms with Crippen LogP contribution in [0.25, 0.3) is 0 Å². The third kappa shape index (κ3) is 16.2. The first-order valence-corrected chi connectivity index (χ1v) is 12.5. The summed E-state index contributed by atoms with van der Waals surface area (Å²) in [4.78, 5) is 62.5. The molecule has 13 heteroatoms. The molecule has 0 heterocycles. The Hall–Kier alpha value is -2.77. The molecule has 0 saturated carbocycles. The molecule has 0 aliphatic heterocycles. The molecule has 0 radical (unpaired) electrons. The maximum absolute atomic E-state index is 13.1. The summed E-state index contributed by atoms with van der Waals surface area (Å²) in [6, 6.07) is -4.86. The van der Waals surface area contributed by atoms with Gasteiger partial charge in [-0.2, -0.15) is 0 Å². The van der Waals surface area contributed by atoms with Crippen LogP contribution in [0.1, 0.15) is 75.7 Å². The molecule has 0 spiro atoms. The molecule has 4 unspecified atom stereocenters.